The molecule has 1 saturated heterocycles. The first-order chi connectivity index (χ1) is 11.5. The summed E-state index contributed by atoms with van der Waals surface area (Å²) < 4.78 is 27.9. The summed E-state index contributed by atoms with van der Waals surface area (Å²) in [6.07, 6.45) is 1.21. The van der Waals surface area contributed by atoms with Crippen LogP contribution in [0.2, 0.25) is 0 Å². The topological polar surface area (TPSA) is 54.5 Å². The Labute approximate surface area is 151 Å². The van der Waals surface area contributed by atoms with Gasteiger partial charge in [-0.3, -0.25) is 4.79 Å². The minimum absolute atomic E-state index is 0.166. The number of hydrogen-bond donors (Lipinski definition) is 0. The number of nitrogens with zero attached hydrogens (tertiary/aromatic N) is 1. The molecule has 0 radical (unpaired) electrons. The van der Waals surface area contributed by atoms with Crippen molar-refractivity contribution in [1.29, 1.82) is 0 Å². The summed E-state index contributed by atoms with van der Waals surface area (Å²) in [6, 6.07) is 6.97. The van der Waals surface area contributed by atoms with Crippen molar-refractivity contribution in [3.63, 3.8) is 0 Å². The number of carbonyl (C=O) groups excluding carboxylic acids is 1. The zero-order valence-electron chi connectivity index (χ0n) is 15.5. The molecular weight excluding hydrogens is 334 g/mol. The second kappa shape index (κ2) is 5.78. The van der Waals surface area contributed by atoms with Gasteiger partial charge in [-0.2, -0.15) is 4.31 Å². The van der Waals surface area contributed by atoms with Gasteiger partial charge in [-0.25, -0.2) is 8.42 Å². The van der Waals surface area contributed by atoms with E-state index in [0.717, 1.165) is 11.1 Å². The second-order valence-corrected chi connectivity index (χ2v) is 10.1. The van der Waals surface area contributed by atoms with Crippen LogP contribution in [-0.2, 0) is 14.8 Å². The first-order valence-electron chi connectivity index (χ1n) is 8.80. The fourth-order valence-corrected chi connectivity index (χ4v) is 6.08. The quantitative estimate of drug-likeness (QED) is 0.774. The molecule has 2 fully saturated rings. The molecule has 136 valence electrons. The number of ketones is 1. The lowest BCUT2D eigenvalue weighted by Crippen LogP contribution is -2.43. The van der Waals surface area contributed by atoms with Crippen LogP contribution in [0.5, 0.6) is 0 Å². The van der Waals surface area contributed by atoms with Crippen molar-refractivity contribution < 1.29 is 13.2 Å². The Morgan fingerprint density at radius 3 is 2.44 bits per heavy atom. The monoisotopic (exact) mass is 361 g/mol. The average molecular weight is 362 g/mol. The van der Waals surface area contributed by atoms with Gasteiger partial charge in [-0.05, 0) is 44.2 Å². The number of benzene rings is 1. The van der Waals surface area contributed by atoms with E-state index in [1.807, 2.05) is 39.8 Å². The van der Waals surface area contributed by atoms with Gasteiger partial charge in [0.25, 0.3) is 0 Å². The molecule has 0 amide bonds. The molecule has 5 heteroatoms. The van der Waals surface area contributed by atoms with Crippen LogP contribution in [0.1, 0.15) is 39.2 Å². The second-order valence-electron chi connectivity index (χ2n) is 8.18. The highest BCUT2D eigenvalue weighted by Gasteiger charge is 2.59. The van der Waals surface area contributed by atoms with Gasteiger partial charge in [-0.15, -0.1) is 0 Å². The molecule has 2 bridgehead atoms. The van der Waals surface area contributed by atoms with Gasteiger partial charge >= 0.3 is 0 Å². The summed E-state index contributed by atoms with van der Waals surface area (Å²) in [5, 5.41) is 0. The van der Waals surface area contributed by atoms with Gasteiger partial charge < -0.3 is 0 Å². The number of fused-ring (bicyclic) bond motifs is 2. The van der Waals surface area contributed by atoms with Crippen molar-refractivity contribution in [2.24, 2.45) is 16.7 Å². The molecule has 4 nitrogen and oxygen atoms in total. The van der Waals surface area contributed by atoms with E-state index in [4.69, 9.17) is 0 Å². The number of sulfonamides is 1. The number of rotatable bonds is 3. The number of hydrogen-bond acceptors (Lipinski definition) is 3. The minimum atomic E-state index is -3.56. The van der Waals surface area contributed by atoms with E-state index in [-0.39, 0.29) is 17.1 Å². The Balaban J connectivity index is 2.01. The molecule has 1 heterocycles. The van der Waals surface area contributed by atoms with Crippen molar-refractivity contribution in [3.05, 3.63) is 42.0 Å². The Kier molecular flexibility index (Phi) is 4.24. The van der Waals surface area contributed by atoms with E-state index in [0.29, 0.717) is 30.8 Å². The van der Waals surface area contributed by atoms with E-state index < -0.39 is 15.4 Å². The van der Waals surface area contributed by atoms with Crippen LogP contribution in [-0.4, -0.2) is 31.6 Å². The predicted octanol–water partition coefficient (Wildman–Crippen LogP) is 3.57. The highest BCUT2D eigenvalue weighted by atomic mass is 32.2. The number of Topliss-reactive ketones (excluding diaryl/α,β-unsaturated/α-hetero) is 1. The van der Waals surface area contributed by atoms with Crippen LogP contribution >= 0.6 is 0 Å². The molecule has 1 aliphatic heterocycles. The Hall–Kier alpha value is -1.46. The number of aryl methyl sites for hydroxylation is 1. The summed E-state index contributed by atoms with van der Waals surface area (Å²) in [7, 11) is -3.56. The lowest BCUT2D eigenvalue weighted by Gasteiger charge is -2.34. The molecule has 1 saturated carbocycles. The van der Waals surface area contributed by atoms with Gasteiger partial charge in [0.1, 0.15) is 5.78 Å². The first-order valence-corrected chi connectivity index (χ1v) is 10.2. The van der Waals surface area contributed by atoms with Crippen molar-refractivity contribution in [1.82, 2.24) is 4.31 Å². The maximum absolute atomic E-state index is 13.2. The third-order valence-corrected chi connectivity index (χ3v) is 8.28. The molecule has 3 rings (SSSR count). The maximum atomic E-state index is 13.2. The molecule has 0 aromatic heterocycles. The molecular formula is C20H27NO3S. The maximum Gasteiger partial charge on any atom is 0.243 e. The molecule has 1 aliphatic carbocycles. The summed E-state index contributed by atoms with van der Waals surface area (Å²) in [4.78, 5) is 13.3. The zero-order valence-corrected chi connectivity index (χ0v) is 16.3. The van der Waals surface area contributed by atoms with E-state index >= 15 is 0 Å². The van der Waals surface area contributed by atoms with Crippen LogP contribution in [0.25, 0.3) is 0 Å². The molecule has 1 aromatic carbocycles. The summed E-state index contributed by atoms with van der Waals surface area (Å²) in [6.45, 7) is 12.6. The molecule has 2 aliphatic rings. The van der Waals surface area contributed by atoms with Crippen molar-refractivity contribution in [2.45, 2.75) is 45.4 Å². The predicted molar refractivity (Wildman–Crippen MR) is 98.7 cm³/mol. The molecule has 0 N–H and O–H groups in total. The van der Waals surface area contributed by atoms with Crippen LogP contribution in [0, 0.1) is 23.7 Å². The SMILES string of the molecule is C=C(C)[C@@]12CCN(S(=O)(=O)c3ccc(C)cc3)C[C@@](C)(C1)[C@@H](C)C2=O. The van der Waals surface area contributed by atoms with Gasteiger partial charge in [0, 0.05) is 19.0 Å². The van der Waals surface area contributed by atoms with Crippen LogP contribution < -0.4 is 0 Å². The van der Waals surface area contributed by atoms with Crippen LogP contribution in [0.3, 0.4) is 0 Å². The normalized spacial score (nSPS) is 33.3. The standard InChI is InChI=1S/C20H27NO3S/c1-14(2)20-10-11-21(13-19(5,12-20)16(4)18(20)22)25(23,24)17-8-6-15(3)7-9-17/h6-9,16H,1,10-13H2,2-5H3/t16-,19+,20+/m0/s1. The van der Waals surface area contributed by atoms with E-state index in [9.17, 15) is 13.2 Å². The van der Waals surface area contributed by atoms with Gasteiger partial charge in [0.05, 0.1) is 10.3 Å². The smallest absolute Gasteiger partial charge is 0.243 e. The summed E-state index contributed by atoms with van der Waals surface area (Å²) in [5.74, 6) is 0.0649. The highest BCUT2D eigenvalue weighted by molar-refractivity contribution is 7.89. The van der Waals surface area contributed by atoms with E-state index in [2.05, 4.69) is 6.58 Å². The van der Waals surface area contributed by atoms with E-state index in [1.165, 1.54) is 0 Å². The van der Waals surface area contributed by atoms with Gasteiger partial charge in [0.15, 0.2) is 0 Å². The van der Waals surface area contributed by atoms with Crippen molar-refractivity contribution in [2.75, 3.05) is 13.1 Å². The molecule has 0 unspecified atom stereocenters. The Morgan fingerprint density at radius 2 is 1.88 bits per heavy atom. The number of allylic oxidation sites excluding steroid dienone is 1. The van der Waals surface area contributed by atoms with Crippen LogP contribution in [0.4, 0.5) is 0 Å². The van der Waals surface area contributed by atoms with Crippen molar-refractivity contribution in [3.8, 4) is 0 Å². The molecule has 25 heavy (non-hydrogen) atoms. The summed E-state index contributed by atoms with van der Waals surface area (Å²) in [5.41, 5.74) is 0.958. The minimum Gasteiger partial charge on any atom is -0.298 e. The van der Waals surface area contributed by atoms with E-state index in [1.54, 1.807) is 16.4 Å². The van der Waals surface area contributed by atoms with Crippen molar-refractivity contribution >= 4 is 15.8 Å². The largest absolute Gasteiger partial charge is 0.298 e. The Bertz CT molecular complexity index is 827. The third kappa shape index (κ3) is 2.68. The zero-order chi connectivity index (χ0) is 18.6. The Morgan fingerprint density at radius 1 is 1.28 bits per heavy atom. The highest BCUT2D eigenvalue weighted by Crippen LogP contribution is 2.57. The molecule has 1 aromatic rings. The van der Waals surface area contributed by atoms with Gasteiger partial charge in [0.2, 0.25) is 10.0 Å². The summed E-state index contributed by atoms with van der Waals surface area (Å²) >= 11 is 0. The lowest BCUT2D eigenvalue weighted by atomic mass is 9.74. The molecule has 0 spiro atoms. The third-order valence-electron chi connectivity index (χ3n) is 6.42. The van der Waals surface area contributed by atoms with Gasteiger partial charge in [-0.1, -0.05) is 43.7 Å². The number of carbonyl (C=O) groups is 1. The van der Waals surface area contributed by atoms with Crippen LogP contribution in [0.15, 0.2) is 41.3 Å². The molecule has 3 atom stereocenters. The average Bonchev–Trinajstić information content (AvgIpc) is 2.67. The fourth-order valence-electron chi connectivity index (χ4n) is 4.50. The lowest BCUT2D eigenvalue weighted by molar-refractivity contribution is -0.128. The first kappa shape index (κ1) is 18.3. The fraction of sp³-hybridized carbons (Fsp3) is 0.550.